The van der Waals surface area contributed by atoms with Gasteiger partial charge in [0.1, 0.15) is 0 Å². The SMILES string of the molecule is CC(C)N(CCNCCSCc1ccccc1)CC1CCCCC1. The highest BCUT2D eigenvalue weighted by atomic mass is 32.2. The third-order valence-electron chi connectivity index (χ3n) is 5.06. The second kappa shape index (κ2) is 11.9. The van der Waals surface area contributed by atoms with Gasteiger partial charge in [-0.25, -0.2) is 0 Å². The van der Waals surface area contributed by atoms with Gasteiger partial charge in [-0.05, 0) is 38.2 Å². The molecule has 0 aromatic heterocycles. The molecule has 1 fully saturated rings. The van der Waals surface area contributed by atoms with Gasteiger partial charge >= 0.3 is 0 Å². The molecule has 24 heavy (non-hydrogen) atoms. The second-order valence-electron chi connectivity index (χ2n) is 7.38. The second-order valence-corrected chi connectivity index (χ2v) is 8.49. The molecule has 0 aliphatic heterocycles. The Labute approximate surface area is 153 Å². The zero-order valence-electron chi connectivity index (χ0n) is 15.7. The minimum atomic E-state index is 0.668. The van der Waals surface area contributed by atoms with Crippen LogP contribution in [0.25, 0.3) is 0 Å². The lowest BCUT2D eigenvalue weighted by Gasteiger charge is -2.32. The van der Waals surface area contributed by atoms with Crippen molar-refractivity contribution in [1.82, 2.24) is 10.2 Å². The Balaban J connectivity index is 1.52. The lowest BCUT2D eigenvalue weighted by molar-refractivity contribution is 0.166. The Bertz CT molecular complexity index is 415. The first-order chi connectivity index (χ1) is 11.8. The number of hydrogen-bond acceptors (Lipinski definition) is 3. The highest BCUT2D eigenvalue weighted by Crippen LogP contribution is 2.24. The molecule has 0 unspecified atom stereocenters. The Morgan fingerprint density at radius 3 is 2.54 bits per heavy atom. The summed E-state index contributed by atoms with van der Waals surface area (Å²) in [6.45, 7) is 9.43. The normalized spacial score (nSPS) is 16.2. The molecule has 1 aromatic rings. The van der Waals surface area contributed by atoms with E-state index in [2.05, 4.69) is 54.4 Å². The monoisotopic (exact) mass is 348 g/mol. The topological polar surface area (TPSA) is 15.3 Å². The average Bonchev–Trinajstić information content (AvgIpc) is 2.61. The van der Waals surface area contributed by atoms with Crippen LogP contribution >= 0.6 is 11.8 Å². The van der Waals surface area contributed by atoms with Gasteiger partial charge in [-0.15, -0.1) is 0 Å². The zero-order chi connectivity index (χ0) is 17.0. The molecule has 1 aliphatic rings. The Kier molecular flexibility index (Phi) is 9.86. The van der Waals surface area contributed by atoms with Crippen molar-refractivity contribution in [2.24, 2.45) is 5.92 Å². The molecule has 0 saturated heterocycles. The van der Waals surface area contributed by atoms with Gasteiger partial charge in [-0.3, -0.25) is 4.90 Å². The molecule has 1 aliphatic carbocycles. The van der Waals surface area contributed by atoms with Crippen LogP contribution in [0, 0.1) is 5.92 Å². The molecule has 0 bridgehead atoms. The zero-order valence-corrected chi connectivity index (χ0v) is 16.5. The van der Waals surface area contributed by atoms with Gasteiger partial charge in [-0.1, -0.05) is 49.6 Å². The van der Waals surface area contributed by atoms with E-state index in [0.717, 1.165) is 24.8 Å². The van der Waals surface area contributed by atoms with E-state index < -0.39 is 0 Å². The van der Waals surface area contributed by atoms with Crippen LogP contribution in [0.1, 0.15) is 51.5 Å². The first-order valence-electron chi connectivity index (χ1n) is 9.82. The maximum Gasteiger partial charge on any atom is 0.0185 e. The van der Waals surface area contributed by atoms with E-state index in [1.165, 1.54) is 56.5 Å². The number of thioether (sulfide) groups is 1. The number of rotatable bonds is 11. The Morgan fingerprint density at radius 2 is 1.83 bits per heavy atom. The summed E-state index contributed by atoms with van der Waals surface area (Å²) in [4.78, 5) is 2.68. The van der Waals surface area contributed by atoms with E-state index >= 15 is 0 Å². The molecule has 0 amide bonds. The van der Waals surface area contributed by atoms with Gasteiger partial charge in [-0.2, -0.15) is 11.8 Å². The fourth-order valence-electron chi connectivity index (χ4n) is 3.52. The summed E-state index contributed by atoms with van der Waals surface area (Å²) in [7, 11) is 0. The number of nitrogens with one attached hydrogen (secondary N) is 1. The highest BCUT2D eigenvalue weighted by Gasteiger charge is 2.18. The molecule has 136 valence electrons. The lowest BCUT2D eigenvalue weighted by Crippen LogP contribution is -2.40. The van der Waals surface area contributed by atoms with Crippen LogP contribution in [0.2, 0.25) is 0 Å². The minimum absolute atomic E-state index is 0.668. The summed E-state index contributed by atoms with van der Waals surface area (Å²) >= 11 is 2.02. The van der Waals surface area contributed by atoms with Crippen LogP contribution in [0.5, 0.6) is 0 Å². The van der Waals surface area contributed by atoms with E-state index in [0.29, 0.717) is 6.04 Å². The number of nitrogens with zero attached hydrogens (tertiary/aromatic N) is 1. The van der Waals surface area contributed by atoms with Gasteiger partial charge in [0.2, 0.25) is 0 Å². The molecular weight excluding hydrogens is 312 g/mol. The first-order valence-corrected chi connectivity index (χ1v) is 11.0. The molecule has 0 atom stereocenters. The molecule has 2 rings (SSSR count). The Hall–Kier alpha value is -0.510. The van der Waals surface area contributed by atoms with Gasteiger partial charge in [0.25, 0.3) is 0 Å². The maximum absolute atomic E-state index is 3.63. The van der Waals surface area contributed by atoms with Crippen molar-refractivity contribution in [3.63, 3.8) is 0 Å². The molecule has 0 spiro atoms. The molecule has 0 radical (unpaired) electrons. The Morgan fingerprint density at radius 1 is 1.08 bits per heavy atom. The summed E-state index contributed by atoms with van der Waals surface area (Å²) < 4.78 is 0. The van der Waals surface area contributed by atoms with Crippen LogP contribution in [0.3, 0.4) is 0 Å². The fraction of sp³-hybridized carbons (Fsp3) is 0.714. The van der Waals surface area contributed by atoms with Gasteiger partial charge in [0.15, 0.2) is 0 Å². The van der Waals surface area contributed by atoms with Crippen LogP contribution in [-0.4, -0.2) is 42.9 Å². The third-order valence-corrected chi connectivity index (χ3v) is 6.09. The van der Waals surface area contributed by atoms with Gasteiger partial charge in [0.05, 0.1) is 0 Å². The van der Waals surface area contributed by atoms with Crippen molar-refractivity contribution >= 4 is 11.8 Å². The van der Waals surface area contributed by atoms with Crippen LogP contribution < -0.4 is 5.32 Å². The summed E-state index contributed by atoms with van der Waals surface area (Å²) in [5, 5.41) is 3.63. The van der Waals surface area contributed by atoms with E-state index in [9.17, 15) is 0 Å². The number of benzene rings is 1. The van der Waals surface area contributed by atoms with Crippen molar-refractivity contribution in [2.75, 3.05) is 31.9 Å². The summed E-state index contributed by atoms with van der Waals surface area (Å²) in [5.74, 6) is 3.27. The summed E-state index contributed by atoms with van der Waals surface area (Å²) in [6, 6.07) is 11.4. The fourth-order valence-corrected chi connectivity index (χ4v) is 4.38. The molecule has 1 aromatic carbocycles. The summed E-state index contributed by atoms with van der Waals surface area (Å²) in [6.07, 6.45) is 7.26. The highest BCUT2D eigenvalue weighted by molar-refractivity contribution is 7.98. The molecule has 1 saturated carbocycles. The van der Waals surface area contributed by atoms with E-state index in [1.807, 2.05) is 11.8 Å². The van der Waals surface area contributed by atoms with E-state index in [4.69, 9.17) is 0 Å². The predicted molar refractivity (Wildman–Crippen MR) is 109 cm³/mol. The van der Waals surface area contributed by atoms with Gasteiger partial charge in [0, 0.05) is 43.7 Å². The number of hydrogen-bond donors (Lipinski definition) is 1. The molecule has 1 N–H and O–H groups in total. The van der Waals surface area contributed by atoms with Crippen LogP contribution in [0.4, 0.5) is 0 Å². The van der Waals surface area contributed by atoms with E-state index in [-0.39, 0.29) is 0 Å². The quantitative estimate of drug-likeness (QED) is 0.578. The van der Waals surface area contributed by atoms with Gasteiger partial charge < -0.3 is 5.32 Å². The standard InChI is InChI=1S/C21H36N2S/c1-19(2)23(17-20-9-5-3-6-10-20)15-13-22-14-16-24-18-21-11-7-4-8-12-21/h4,7-8,11-12,19-20,22H,3,5-6,9-10,13-18H2,1-2H3. The van der Waals surface area contributed by atoms with Crippen molar-refractivity contribution in [2.45, 2.75) is 57.7 Å². The minimum Gasteiger partial charge on any atom is -0.315 e. The molecule has 2 nitrogen and oxygen atoms in total. The first kappa shape index (κ1) is 19.8. The van der Waals surface area contributed by atoms with Crippen molar-refractivity contribution in [3.05, 3.63) is 35.9 Å². The van der Waals surface area contributed by atoms with E-state index in [1.54, 1.807) is 0 Å². The maximum atomic E-state index is 3.63. The predicted octanol–water partition coefficient (Wildman–Crippen LogP) is 4.80. The largest absolute Gasteiger partial charge is 0.315 e. The molecule has 0 heterocycles. The van der Waals surface area contributed by atoms with Crippen molar-refractivity contribution in [1.29, 1.82) is 0 Å². The van der Waals surface area contributed by atoms with Crippen LogP contribution in [-0.2, 0) is 5.75 Å². The van der Waals surface area contributed by atoms with Crippen molar-refractivity contribution in [3.8, 4) is 0 Å². The average molecular weight is 349 g/mol. The summed E-state index contributed by atoms with van der Waals surface area (Å²) in [5.41, 5.74) is 1.43. The van der Waals surface area contributed by atoms with Crippen molar-refractivity contribution < 1.29 is 0 Å². The smallest absolute Gasteiger partial charge is 0.0185 e. The van der Waals surface area contributed by atoms with Crippen LogP contribution in [0.15, 0.2) is 30.3 Å². The lowest BCUT2D eigenvalue weighted by atomic mass is 9.88. The molecule has 3 heteroatoms. The molecular formula is C21H36N2S. The third kappa shape index (κ3) is 8.04.